The Balaban J connectivity index is 1.53. The van der Waals surface area contributed by atoms with Gasteiger partial charge in [0.1, 0.15) is 11.6 Å². The summed E-state index contributed by atoms with van der Waals surface area (Å²) in [7, 11) is 0. The predicted molar refractivity (Wildman–Crippen MR) is 100 cm³/mol. The number of piperidine rings is 3. The van der Waals surface area contributed by atoms with Crippen LogP contribution in [0.2, 0.25) is 0 Å². The summed E-state index contributed by atoms with van der Waals surface area (Å²) >= 11 is 0. The molecule has 2 aromatic carbocycles. The first-order chi connectivity index (χ1) is 13.1. The SMILES string of the molecule is O=C(c1ccc(F)cc1O)N1C[C@@H](c2ccccc2)[C@@H]2[C@H]1C1CCN2CC1. The van der Waals surface area contributed by atoms with E-state index in [4.69, 9.17) is 0 Å². The number of benzene rings is 2. The summed E-state index contributed by atoms with van der Waals surface area (Å²) in [5, 5.41) is 10.1. The number of phenolic OH excluding ortho intramolecular Hbond substituents is 1. The summed E-state index contributed by atoms with van der Waals surface area (Å²) in [6, 6.07) is 14.6. The monoisotopic (exact) mass is 366 g/mol. The van der Waals surface area contributed by atoms with E-state index in [0.717, 1.165) is 32.0 Å². The standard InChI is InChI=1S/C22H23FN2O2/c23-16-6-7-17(19(26)12-16)22(27)25-13-18(14-4-2-1-3-5-14)21-20(25)15-8-10-24(21)11-9-15/h1-7,12,15,18,20-21,26H,8-11,13H2/t18-,20+,21+/m0/s1. The van der Waals surface area contributed by atoms with Crippen molar-refractivity contribution >= 4 is 5.91 Å². The molecule has 140 valence electrons. The molecule has 6 rings (SSSR count). The quantitative estimate of drug-likeness (QED) is 0.887. The van der Waals surface area contributed by atoms with Crippen molar-refractivity contribution in [2.45, 2.75) is 30.8 Å². The number of hydrogen-bond donors (Lipinski definition) is 1. The van der Waals surface area contributed by atoms with Crippen LogP contribution in [0.3, 0.4) is 0 Å². The first-order valence-corrected chi connectivity index (χ1v) is 9.72. The molecular formula is C22H23FN2O2. The van der Waals surface area contributed by atoms with E-state index in [1.165, 1.54) is 17.7 Å². The van der Waals surface area contributed by atoms with Crippen LogP contribution in [0, 0.1) is 11.7 Å². The minimum absolute atomic E-state index is 0.162. The normalized spacial score (nSPS) is 31.7. The van der Waals surface area contributed by atoms with Crippen LogP contribution in [0.1, 0.15) is 34.7 Å². The van der Waals surface area contributed by atoms with E-state index < -0.39 is 5.82 Å². The zero-order valence-electron chi connectivity index (χ0n) is 15.1. The fraction of sp³-hybridized carbons (Fsp3) is 0.409. The van der Waals surface area contributed by atoms with Gasteiger partial charge in [0.15, 0.2) is 0 Å². The summed E-state index contributed by atoms with van der Waals surface area (Å²) in [6.07, 6.45) is 2.23. The zero-order chi connectivity index (χ0) is 18.5. The second kappa shape index (κ2) is 6.34. The fourth-order valence-corrected chi connectivity index (χ4v) is 5.49. The minimum atomic E-state index is -0.534. The van der Waals surface area contributed by atoms with Crippen molar-refractivity contribution in [3.05, 3.63) is 65.5 Å². The van der Waals surface area contributed by atoms with Crippen molar-refractivity contribution < 1.29 is 14.3 Å². The lowest BCUT2D eigenvalue weighted by atomic mass is 9.75. The van der Waals surface area contributed by atoms with Crippen molar-refractivity contribution in [2.24, 2.45) is 5.92 Å². The molecule has 0 saturated carbocycles. The maximum atomic E-state index is 13.4. The molecule has 27 heavy (non-hydrogen) atoms. The highest BCUT2D eigenvalue weighted by atomic mass is 19.1. The van der Waals surface area contributed by atoms with Crippen LogP contribution in [0.25, 0.3) is 0 Å². The van der Waals surface area contributed by atoms with E-state index in [2.05, 4.69) is 29.2 Å². The van der Waals surface area contributed by atoms with Gasteiger partial charge in [-0.25, -0.2) is 4.39 Å². The number of carbonyl (C=O) groups excluding carboxylic acids is 1. The Morgan fingerprint density at radius 1 is 1.04 bits per heavy atom. The molecule has 2 aromatic rings. The van der Waals surface area contributed by atoms with Crippen molar-refractivity contribution in [1.82, 2.24) is 9.80 Å². The van der Waals surface area contributed by atoms with E-state index in [9.17, 15) is 14.3 Å². The Kier molecular flexibility index (Phi) is 3.93. The molecule has 1 N–H and O–H groups in total. The molecule has 4 nitrogen and oxygen atoms in total. The smallest absolute Gasteiger partial charge is 0.257 e. The molecule has 0 spiro atoms. The van der Waals surface area contributed by atoms with Crippen molar-refractivity contribution in [3.8, 4) is 5.75 Å². The first-order valence-electron chi connectivity index (χ1n) is 9.72. The summed E-state index contributed by atoms with van der Waals surface area (Å²) in [6.45, 7) is 2.83. The molecule has 0 aromatic heterocycles. The molecule has 5 heteroatoms. The predicted octanol–water partition coefficient (Wildman–Crippen LogP) is 3.23. The lowest BCUT2D eigenvalue weighted by Crippen LogP contribution is -2.60. The molecule has 0 unspecified atom stereocenters. The fourth-order valence-electron chi connectivity index (χ4n) is 5.49. The Bertz CT molecular complexity index is 864. The summed E-state index contributed by atoms with van der Waals surface area (Å²) in [4.78, 5) is 17.8. The van der Waals surface area contributed by atoms with Gasteiger partial charge in [-0.2, -0.15) is 0 Å². The summed E-state index contributed by atoms with van der Waals surface area (Å²) in [5.74, 6) is -0.227. The lowest BCUT2D eigenvalue weighted by Gasteiger charge is -2.51. The van der Waals surface area contributed by atoms with Gasteiger partial charge in [-0.3, -0.25) is 9.69 Å². The van der Waals surface area contributed by atoms with E-state index in [1.807, 2.05) is 11.0 Å². The number of aromatic hydroxyl groups is 1. The second-order valence-corrected chi connectivity index (χ2v) is 7.99. The number of fused-ring (bicyclic) bond motifs is 2. The van der Waals surface area contributed by atoms with E-state index in [0.29, 0.717) is 18.5 Å². The van der Waals surface area contributed by atoms with Crippen molar-refractivity contribution in [1.29, 1.82) is 0 Å². The van der Waals surface area contributed by atoms with Gasteiger partial charge in [0.05, 0.1) is 11.6 Å². The molecule has 0 aliphatic carbocycles. The summed E-state index contributed by atoms with van der Waals surface area (Å²) in [5.41, 5.74) is 1.46. The van der Waals surface area contributed by atoms with Gasteiger partial charge in [0.2, 0.25) is 0 Å². The largest absolute Gasteiger partial charge is 0.507 e. The highest BCUT2D eigenvalue weighted by Crippen LogP contribution is 2.47. The average Bonchev–Trinajstić information content (AvgIpc) is 3.12. The number of carbonyl (C=O) groups is 1. The number of nitrogens with zero attached hydrogens (tertiary/aromatic N) is 2. The van der Waals surface area contributed by atoms with Crippen LogP contribution in [-0.2, 0) is 0 Å². The maximum Gasteiger partial charge on any atom is 0.257 e. The highest BCUT2D eigenvalue weighted by Gasteiger charge is 2.54. The van der Waals surface area contributed by atoms with Crippen molar-refractivity contribution in [3.63, 3.8) is 0 Å². The number of hydrogen-bond acceptors (Lipinski definition) is 3. The van der Waals surface area contributed by atoms with Gasteiger partial charge >= 0.3 is 0 Å². The Morgan fingerprint density at radius 3 is 2.48 bits per heavy atom. The average molecular weight is 366 g/mol. The Morgan fingerprint density at radius 2 is 1.78 bits per heavy atom. The van der Waals surface area contributed by atoms with Crippen LogP contribution >= 0.6 is 0 Å². The molecule has 0 radical (unpaired) electrons. The molecule has 4 aliphatic rings. The zero-order valence-corrected chi connectivity index (χ0v) is 15.1. The number of halogens is 1. The molecule has 2 bridgehead atoms. The van der Waals surface area contributed by atoms with Crippen LogP contribution in [0.15, 0.2) is 48.5 Å². The molecular weight excluding hydrogens is 343 g/mol. The third-order valence-corrected chi connectivity index (χ3v) is 6.67. The molecule has 1 amide bonds. The maximum absolute atomic E-state index is 13.4. The molecule has 4 aliphatic heterocycles. The van der Waals surface area contributed by atoms with E-state index >= 15 is 0 Å². The third kappa shape index (κ3) is 2.64. The number of rotatable bonds is 2. The van der Waals surface area contributed by atoms with Gasteiger partial charge < -0.3 is 10.0 Å². The van der Waals surface area contributed by atoms with Crippen LogP contribution in [-0.4, -0.2) is 52.5 Å². The van der Waals surface area contributed by atoms with Gasteiger partial charge in [0, 0.05) is 24.6 Å². The highest BCUT2D eigenvalue weighted by molar-refractivity contribution is 5.97. The van der Waals surface area contributed by atoms with Gasteiger partial charge in [-0.1, -0.05) is 30.3 Å². The Labute approximate surface area is 158 Å². The molecule has 3 atom stereocenters. The number of phenols is 1. The second-order valence-electron chi connectivity index (χ2n) is 7.99. The van der Waals surface area contributed by atoms with Gasteiger partial charge in [-0.15, -0.1) is 0 Å². The third-order valence-electron chi connectivity index (χ3n) is 6.67. The topological polar surface area (TPSA) is 43.8 Å². The van der Waals surface area contributed by atoms with E-state index in [-0.39, 0.29) is 29.2 Å². The van der Waals surface area contributed by atoms with Crippen LogP contribution in [0.5, 0.6) is 5.75 Å². The van der Waals surface area contributed by atoms with Gasteiger partial charge in [0.25, 0.3) is 5.91 Å². The summed E-state index contributed by atoms with van der Waals surface area (Å²) < 4.78 is 13.4. The molecule has 4 heterocycles. The Hall–Kier alpha value is -2.40. The number of amides is 1. The first kappa shape index (κ1) is 16.8. The molecule has 4 fully saturated rings. The molecule has 4 saturated heterocycles. The number of likely N-dealkylation sites (tertiary alicyclic amines) is 1. The minimum Gasteiger partial charge on any atom is -0.507 e. The van der Waals surface area contributed by atoms with Crippen LogP contribution in [0.4, 0.5) is 4.39 Å². The van der Waals surface area contributed by atoms with E-state index in [1.54, 1.807) is 0 Å². The van der Waals surface area contributed by atoms with Crippen molar-refractivity contribution in [2.75, 3.05) is 19.6 Å². The lowest BCUT2D eigenvalue weighted by molar-refractivity contribution is -0.00348. The van der Waals surface area contributed by atoms with Crippen LogP contribution < -0.4 is 0 Å². The van der Waals surface area contributed by atoms with Gasteiger partial charge in [-0.05, 0) is 49.5 Å².